The third-order valence-electron chi connectivity index (χ3n) is 8.95. The first-order valence-corrected chi connectivity index (χ1v) is 10.3. The number of hydrogen-bond acceptors (Lipinski definition) is 11. The van der Waals surface area contributed by atoms with E-state index in [2.05, 4.69) is 0 Å². The van der Waals surface area contributed by atoms with Crippen LogP contribution in [0.2, 0.25) is 0 Å². The van der Waals surface area contributed by atoms with Gasteiger partial charge in [-0.2, -0.15) is 0 Å². The van der Waals surface area contributed by atoms with Gasteiger partial charge < -0.3 is 39.4 Å². The second-order valence-corrected chi connectivity index (χ2v) is 10.8. The van der Waals surface area contributed by atoms with Crippen LogP contribution >= 0.6 is 0 Å². The first kappa shape index (κ1) is 19.9. The fraction of sp³-hybridized carbons (Fsp3) is 0.850. The molecule has 4 saturated heterocycles. The predicted molar refractivity (Wildman–Crippen MR) is 93.4 cm³/mol. The minimum atomic E-state index is -2.40. The lowest BCUT2D eigenvalue weighted by Crippen LogP contribution is -2.67. The molecule has 0 aromatic rings. The molecule has 2 spiro atoms. The van der Waals surface area contributed by atoms with Crippen LogP contribution < -0.4 is 0 Å². The Balaban J connectivity index is 1.75. The van der Waals surface area contributed by atoms with Gasteiger partial charge in [0.2, 0.25) is 11.9 Å². The van der Waals surface area contributed by atoms with Crippen molar-refractivity contribution in [3.8, 4) is 0 Å². The van der Waals surface area contributed by atoms with Crippen LogP contribution in [0, 0.1) is 28.1 Å². The molecule has 0 aromatic heterocycles. The molecular weight excluding hydrogens is 416 g/mol. The van der Waals surface area contributed by atoms with E-state index in [0.717, 1.165) is 0 Å². The molecule has 170 valence electrons. The van der Waals surface area contributed by atoms with E-state index < -0.39 is 94.0 Å². The van der Waals surface area contributed by atoms with Crippen molar-refractivity contribution in [2.24, 2.45) is 28.1 Å². The van der Waals surface area contributed by atoms with Gasteiger partial charge in [0, 0.05) is 5.92 Å². The normalized spacial score (nSPS) is 61.0. The van der Waals surface area contributed by atoms with Crippen LogP contribution in [-0.4, -0.2) is 86.3 Å². The van der Waals surface area contributed by atoms with E-state index in [4.69, 9.17) is 18.9 Å². The fourth-order valence-corrected chi connectivity index (χ4v) is 8.27. The van der Waals surface area contributed by atoms with Gasteiger partial charge in [-0.15, -0.1) is 0 Å². The quantitative estimate of drug-likeness (QED) is 0.234. The zero-order valence-corrected chi connectivity index (χ0v) is 17.3. The van der Waals surface area contributed by atoms with Crippen LogP contribution in [0.1, 0.15) is 27.7 Å². The lowest BCUT2D eigenvalue weighted by molar-refractivity contribution is -0.240. The Bertz CT molecular complexity index is 957. The van der Waals surface area contributed by atoms with Crippen LogP contribution in [-0.2, 0) is 33.3 Å². The number of fused-ring (bicyclic) bond motifs is 1. The Morgan fingerprint density at radius 1 is 0.935 bits per heavy atom. The van der Waals surface area contributed by atoms with E-state index in [1.165, 1.54) is 6.92 Å². The van der Waals surface area contributed by atoms with Crippen LogP contribution in [0.25, 0.3) is 0 Å². The van der Waals surface area contributed by atoms with E-state index in [1.807, 2.05) is 0 Å². The standard InChI is InChI=1S/C20H24O11/c1-5-12(24)28-11-8(22)18-10-6(21)7(16(2,3)4)17(18)9(23)13(25)30-15(17)31-20(18,14(26)29-10)19(5,11)27/h5-11,15,21-23,27H,1-4H3/t5-,6-,7+,8+,9+,10-,11-,15+,17-,18-,19+,20-/m1/s1. The van der Waals surface area contributed by atoms with E-state index in [-0.39, 0.29) is 0 Å². The van der Waals surface area contributed by atoms with Crippen LogP contribution in [0.5, 0.6) is 0 Å². The van der Waals surface area contributed by atoms with Crippen molar-refractivity contribution in [1.82, 2.24) is 0 Å². The van der Waals surface area contributed by atoms with Gasteiger partial charge in [-0.1, -0.05) is 20.8 Å². The topological polar surface area (TPSA) is 169 Å². The summed E-state index contributed by atoms with van der Waals surface area (Å²) in [7, 11) is 0. The van der Waals surface area contributed by atoms with Crippen molar-refractivity contribution in [2.45, 2.75) is 75.7 Å². The van der Waals surface area contributed by atoms with Gasteiger partial charge in [0.1, 0.15) is 12.2 Å². The Kier molecular flexibility index (Phi) is 3.15. The molecule has 11 nitrogen and oxygen atoms in total. The predicted octanol–water partition coefficient (Wildman–Crippen LogP) is -2.40. The maximum Gasteiger partial charge on any atom is 0.343 e. The average Bonchev–Trinajstić information content (AvgIpc) is 3.35. The van der Waals surface area contributed by atoms with Crippen molar-refractivity contribution >= 4 is 17.9 Å². The highest BCUT2D eigenvalue weighted by Gasteiger charge is 3.05. The van der Waals surface area contributed by atoms with Gasteiger partial charge in [0.05, 0.1) is 22.9 Å². The molecule has 6 aliphatic rings. The first-order valence-electron chi connectivity index (χ1n) is 10.3. The largest absolute Gasteiger partial charge is 0.456 e. The zero-order valence-electron chi connectivity index (χ0n) is 17.3. The van der Waals surface area contributed by atoms with Crippen molar-refractivity contribution in [1.29, 1.82) is 0 Å². The summed E-state index contributed by atoms with van der Waals surface area (Å²) in [4.78, 5) is 38.3. The average molecular weight is 440 g/mol. The highest BCUT2D eigenvalue weighted by Crippen LogP contribution is 2.84. The lowest BCUT2D eigenvalue weighted by Gasteiger charge is -2.47. The second-order valence-electron chi connectivity index (χ2n) is 10.8. The Morgan fingerprint density at radius 2 is 1.58 bits per heavy atom. The van der Waals surface area contributed by atoms with E-state index in [9.17, 15) is 34.8 Å². The third kappa shape index (κ3) is 1.43. The summed E-state index contributed by atoms with van der Waals surface area (Å²) >= 11 is 0. The van der Waals surface area contributed by atoms with Crippen LogP contribution in [0.15, 0.2) is 0 Å². The number of esters is 3. The van der Waals surface area contributed by atoms with Crippen molar-refractivity contribution in [3.05, 3.63) is 0 Å². The van der Waals surface area contributed by atoms with Gasteiger partial charge in [-0.25, -0.2) is 9.59 Å². The molecule has 6 fully saturated rings. The molecule has 2 saturated carbocycles. The third-order valence-corrected chi connectivity index (χ3v) is 8.95. The molecule has 0 bridgehead atoms. The van der Waals surface area contributed by atoms with E-state index in [0.29, 0.717) is 0 Å². The minimum Gasteiger partial charge on any atom is -0.456 e. The van der Waals surface area contributed by atoms with Crippen LogP contribution in [0.4, 0.5) is 0 Å². The molecule has 31 heavy (non-hydrogen) atoms. The second kappa shape index (κ2) is 4.91. The van der Waals surface area contributed by atoms with Crippen molar-refractivity contribution < 1.29 is 53.8 Å². The summed E-state index contributed by atoms with van der Waals surface area (Å²) in [5.74, 6) is -5.22. The van der Waals surface area contributed by atoms with Gasteiger partial charge in [-0.3, -0.25) is 4.79 Å². The summed E-state index contributed by atoms with van der Waals surface area (Å²) in [6.45, 7) is 6.63. The maximum absolute atomic E-state index is 13.4. The van der Waals surface area contributed by atoms with E-state index >= 15 is 0 Å². The first-order chi connectivity index (χ1) is 14.3. The summed E-state index contributed by atoms with van der Waals surface area (Å²) in [5, 5.41) is 46.1. The summed E-state index contributed by atoms with van der Waals surface area (Å²) in [6.07, 6.45) is -9.69. The zero-order chi connectivity index (χ0) is 22.7. The molecule has 2 aliphatic carbocycles. The highest BCUT2D eigenvalue weighted by molar-refractivity contribution is 5.94. The number of hydrogen-bond donors (Lipinski definition) is 4. The van der Waals surface area contributed by atoms with Gasteiger partial charge in [0.25, 0.3) is 0 Å². The molecule has 0 amide bonds. The molecule has 6 rings (SSSR count). The molecule has 12 atom stereocenters. The number of aliphatic hydroxyl groups excluding tert-OH is 3. The fourth-order valence-electron chi connectivity index (χ4n) is 8.27. The summed E-state index contributed by atoms with van der Waals surface area (Å²) < 4.78 is 22.2. The monoisotopic (exact) mass is 440 g/mol. The number of carbonyl (C=O) groups excluding carboxylic acids is 3. The molecule has 0 unspecified atom stereocenters. The highest BCUT2D eigenvalue weighted by atomic mass is 16.8. The van der Waals surface area contributed by atoms with Gasteiger partial charge >= 0.3 is 17.9 Å². The smallest absolute Gasteiger partial charge is 0.343 e. The maximum atomic E-state index is 13.4. The SMILES string of the molecule is C[C@@H]1C(=O)O[C@@H]2[C@H](O)[C@]34[C@@H]5OC(=O)[C@]3(O[C@@H]3OC(=O)[C@H](O)[C@]34[C@H](C(C)(C)C)[C@H]5O)[C@]12O. The molecule has 11 heteroatoms. The van der Waals surface area contributed by atoms with Gasteiger partial charge in [-0.05, 0) is 12.3 Å². The number of carbonyl (C=O) groups is 3. The molecule has 0 radical (unpaired) electrons. The molecule has 0 aromatic carbocycles. The van der Waals surface area contributed by atoms with Crippen LogP contribution in [0.3, 0.4) is 0 Å². The molecule has 4 heterocycles. The molecule has 4 aliphatic heterocycles. The van der Waals surface area contributed by atoms with Crippen molar-refractivity contribution in [3.63, 3.8) is 0 Å². The summed E-state index contributed by atoms with van der Waals surface area (Å²) in [6, 6.07) is 0. The Hall–Kier alpha value is -1.79. The lowest BCUT2D eigenvalue weighted by atomic mass is 9.51. The van der Waals surface area contributed by atoms with Crippen molar-refractivity contribution in [2.75, 3.05) is 0 Å². The number of rotatable bonds is 0. The Morgan fingerprint density at radius 3 is 2.19 bits per heavy atom. The number of ether oxygens (including phenoxy) is 4. The summed E-state index contributed by atoms with van der Waals surface area (Å²) in [5.41, 5.74) is -9.40. The van der Waals surface area contributed by atoms with E-state index in [1.54, 1.807) is 20.8 Å². The minimum absolute atomic E-state index is 0.792. The number of aliphatic hydroxyl groups is 4. The molecular formula is C20H24O11. The molecule has 4 N–H and O–H groups in total. The van der Waals surface area contributed by atoms with Gasteiger partial charge in [0.15, 0.2) is 17.8 Å². The Labute approximate surface area is 176 Å².